The summed E-state index contributed by atoms with van der Waals surface area (Å²) in [5.41, 5.74) is 1.50. The first-order chi connectivity index (χ1) is 10.1. The number of fused-ring (bicyclic) bond motifs is 1. The van der Waals surface area contributed by atoms with Gasteiger partial charge in [0.15, 0.2) is 5.43 Å². The molecule has 2 nitrogen and oxygen atoms in total. The Kier molecular flexibility index (Phi) is 4.12. The van der Waals surface area contributed by atoms with Crippen molar-refractivity contribution in [2.45, 2.75) is 0 Å². The quantitative estimate of drug-likeness (QED) is 0.544. The fourth-order valence-corrected chi connectivity index (χ4v) is 2.60. The number of halogens is 2. The second kappa shape index (κ2) is 6.03. The first-order valence-corrected chi connectivity index (χ1v) is 7.75. The Bertz CT molecular complexity index is 882. The van der Waals surface area contributed by atoms with Gasteiger partial charge in [0.05, 0.1) is 10.4 Å². The van der Waals surface area contributed by atoms with Crippen molar-refractivity contribution in [3.63, 3.8) is 0 Å². The highest BCUT2D eigenvalue weighted by atomic mass is 127. The van der Waals surface area contributed by atoms with Crippen LogP contribution in [0.15, 0.2) is 57.7 Å². The standard InChI is InChI=1S/C17H10ClIO2/c18-14-9-13-16(20)8-12(21-17(13)10-15(14)19)7-6-11-4-2-1-3-5-11/h1-10H/b7-6+. The summed E-state index contributed by atoms with van der Waals surface area (Å²) in [5.74, 6) is 0.523. The fourth-order valence-electron chi connectivity index (χ4n) is 1.99. The molecule has 0 aliphatic heterocycles. The van der Waals surface area contributed by atoms with E-state index in [-0.39, 0.29) is 5.43 Å². The van der Waals surface area contributed by atoms with E-state index in [1.165, 1.54) is 6.07 Å². The summed E-state index contributed by atoms with van der Waals surface area (Å²) in [6.07, 6.45) is 3.70. The van der Waals surface area contributed by atoms with E-state index in [1.54, 1.807) is 18.2 Å². The molecule has 1 heterocycles. The van der Waals surface area contributed by atoms with Gasteiger partial charge in [-0.3, -0.25) is 4.79 Å². The zero-order chi connectivity index (χ0) is 14.8. The van der Waals surface area contributed by atoms with Gasteiger partial charge in [0.25, 0.3) is 0 Å². The predicted molar refractivity (Wildman–Crippen MR) is 95.6 cm³/mol. The normalized spacial score (nSPS) is 11.3. The van der Waals surface area contributed by atoms with Crippen LogP contribution in [0.25, 0.3) is 23.1 Å². The molecule has 0 aliphatic carbocycles. The highest BCUT2D eigenvalue weighted by Gasteiger charge is 2.07. The van der Waals surface area contributed by atoms with Crippen molar-refractivity contribution in [2.75, 3.05) is 0 Å². The van der Waals surface area contributed by atoms with E-state index in [9.17, 15) is 4.79 Å². The fraction of sp³-hybridized carbons (Fsp3) is 0. The molecule has 0 N–H and O–H groups in total. The number of hydrogen-bond donors (Lipinski definition) is 0. The summed E-state index contributed by atoms with van der Waals surface area (Å²) in [7, 11) is 0. The lowest BCUT2D eigenvalue weighted by Gasteiger charge is -2.01. The molecule has 3 rings (SSSR count). The van der Waals surface area contributed by atoms with Gasteiger partial charge in [0, 0.05) is 9.64 Å². The van der Waals surface area contributed by atoms with E-state index < -0.39 is 0 Å². The Morgan fingerprint density at radius 2 is 1.81 bits per heavy atom. The Morgan fingerprint density at radius 3 is 2.57 bits per heavy atom. The van der Waals surface area contributed by atoms with Gasteiger partial charge < -0.3 is 4.42 Å². The molecule has 0 unspecified atom stereocenters. The van der Waals surface area contributed by atoms with Crippen LogP contribution in [0.4, 0.5) is 0 Å². The molecule has 3 aromatic rings. The molecule has 4 heteroatoms. The molecular weight excluding hydrogens is 399 g/mol. The van der Waals surface area contributed by atoms with Gasteiger partial charge >= 0.3 is 0 Å². The van der Waals surface area contributed by atoms with Crippen LogP contribution in [-0.2, 0) is 0 Å². The monoisotopic (exact) mass is 408 g/mol. The highest BCUT2D eigenvalue weighted by Crippen LogP contribution is 2.24. The van der Waals surface area contributed by atoms with Gasteiger partial charge in [-0.15, -0.1) is 0 Å². The third kappa shape index (κ3) is 3.19. The van der Waals surface area contributed by atoms with E-state index in [4.69, 9.17) is 16.0 Å². The summed E-state index contributed by atoms with van der Waals surface area (Å²) in [6.45, 7) is 0. The van der Waals surface area contributed by atoms with E-state index in [0.29, 0.717) is 21.8 Å². The van der Waals surface area contributed by atoms with Gasteiger partial charge in [0.2, 0.25) is 0 Å². The molecule has 0 aliphatic rings. The number of hydrogen-bond acceptors (Lipinski definition) is 2. The second-order valence-electron chi connectivity index (χ2n) is 4.52. The smallest absolute Gasteiger partial charge is 0.193 e. The molecule has 0 bridgehead atoms. The molecule has 0 fully saturated rings. The van der Waals surface area contributed by atoms with E-state index in [0.717, 1.165) is 9.13 Å². The van der Waals surface area contributed by atoms with Gasteiger partial charge in [-0.1, -0.05) is 48.0 Å². The van der Waals surface area contributed by atoms with Crippen molar-refractivity contribution in [3.8, 4) is 0 Å². The molecule has 104 valence electrons. The minimum atomic E-state index is -0.0951. The van der Waals surface area contributed by atoms with E-state index in [2.05, 4.69) is 22.6 Å². The molecule has 0 saturated heterocycles. The molecule has 2 aromatic carbocycles. The van der Waals surface area contributed by atoms with E-state index >= 15 is 0 Å². The molecule has 0 saturated carbocycles. The predicted octanol–water partition coefficient (Wildman–Crippen LogP) is 5.22. The van der Waals surface area contributed by atoms with Crippen molar-refractivity contribution in [1.29, 1.82) is 0 Å². The van der Waals surface area contributed by atoms with Crippen LogP contribution in [-0.4, -0.2) is 0 Å². The summed E-state index contributed by atoms with van der Waals surface area (Å²) < 4.78 is 6.61. The summed E-state index contributed by atoms with van der Waals surface area (Å²) in [4.78, 5) is 12.1. The minimum absolute atomic E-state index is 0.0951. The van der Waals surface area contributed by atoms with Crippen LogP contribution in [0.5, 0.6) is 0 Å². The van der Waals surface area contributed by atoms with E-state index in [1.807, 2.05) is 36.4 Å². The molecule has 1 aromatic heterocycles. The largest absolute Gasteiger partial charge is 0.456 e. The Balaban J connectivity index is 2.07. The highest BCUT2D eigenvalue weighted by molar-refractivity contribution is 14.1. The van der Waals surface area contributed by atoms with Crippen LogP contribution >= 0.6 is 34.2 Å². The second-order valence-corrected chi connectivity index (χ2v) is 6.09. The number of rotatable bonds is 2. The average Bonchev–Trinajstić information content (AvgIpc) is 2.48. The minimum Gasteiger partial charge on any atom is -0.456 e. The lowest BCUT2D eigenvalue weighted by Crippen LogP contribution is -2.00. The van der Waals surface area contributed by atoms with Crippen molar-refractivity contribution in [2.24, 2.45) is 0 Å². The zero-order valence-electron chi connectivity index (χ0n) is 10.8. The van der Waals surface area contributed by atoms with Crippen LogP contribution in [0, 0.1) is 3.57 Å². The topological polar surface area (TPSA) is 30.2 Å². The third-order valence-corrected chi connectivity index (χ3v) is 4.55. The third-order valence-electron chi connectivity index (χ3n) is 3.03. The van der Waals surface area contributed by atoms with Crippen LogP contribution in [0.3, 0.4) is 0 Å². The summed E-state index contributed by atoms with van der Waals surface area (Å²) in [6, 6.07) is 14.7. The van der Waals surface area contributed by atoms with Gasteiger partial charge in [-0.25, -0.2) is 0 Å². The van der Waals surface area contributed by atoms with Crippen molar-refractivity contribution in [1.82, 2.24) is 0 Å². The molecule has 0 spiro atoms. The zero-order valence-corrected chi connectivity index (χ0v) is 13.8. The maximum Gasteiger partial charge on any atom is 0.193 e. The van der Waals surface area contributed by atoms with Crippen molar-refractivity contribution >= 4 is 57.3 Å². The molecule has 0 atom stereocenters. The molecule has 21 heavy (non-hydrogen) atoms. The average molecular weight is 409 g/mol. The van der Waals surface area contributed by atoms with Crippen molar-refractivity contribution < 1.29 is 4.42 Å². The first-order valence-electron chi connectivity index (χ1n) is 6.29. The Hall–Kier alpha value is -1.59. The van der Waals surface area contributed by atoms with Gasteiger partial charge in [0.1, 0.15) is 11.3 Å². The van der Waals surface area contributed by atoms with Gasteiger partial charge in [-0.2, -0.15) is 0 Å². The van der Waals surface area contributed by atoms with Gasteiger partial charge in [-0.05, 0) is 46.4 Å². The first kappa shape index (κ1) is 14.4. The van der Waals surface area contributed by atoms with Crippen LogP contribution in [0.2, 0.25) is 5.02 Å². The maximum absolute atomic E-state index is 12.1. The van der Waals surface area contributed by atoms with Crippen molar-refractivity contribution in [3.05, 3.63) is 78.7 Å². The summed E-state index contributed by atoms with van der Waals surface area (Å²) >= 11 is 8.15. The number of benzene rings is 2. The van der Waals surface area contributed by atoms with Crippen LogP contribution < -0.4 is 5.43 Å². The Morgan fingerprint density at radius 1 is 1.05 bits per heavy atom. The summed E-state index contributed by atoms with van der Waals surface area (Å²) in [5, 5.41) is 1.06. The molecular formula is C17H10ClIO2. The Labute approximate surface area is 140 Å². The lowest BCUT2D eigenvalue weighted by atomic mass is 10.2. The van der Waals surface area contributed by atoms with Crippen LogP contribution in [0.1, 0.15) is 11.3 Å². The lowest BCUT2D eigenvalue weighted by molar-refractivity contribution is 0.591. The SMILES string of the molecule is O=c1cc(/C=C/c2ccccc2)oc2cc(I)c(Cl)cc12. The maximum atomic E-state index is 12.1. The molecule has 0 amide bonds. The molecule has 0 radical (unpaired) electrons.